The molecule has 1 aliphatic heterocycles. The van der Waals surface area contributed by atoms with Crippen LogP contribution in [0.25, 0.3) is 0 Å². The maximum absolute atomic E-state index is 12.2. The molecule has 0 aromatic heterocycles. The standard InChI is InChI=1S/C21H32N2O3/c1-2-25-19-7-9-20(10-8-19)26-14-12-22-21(24)16-23-13-11-17-5-3-4-6-18(17)15-23/h7-10,17-18H,2-6,11-16H2,1H3,(H,22,24)/t17-,18-/m1/s1. The van der Waals surface area contributed by atoms with E-state index < -0.39 is 0 Å². The zero-order valence-corrected chi connectivity index (χ0v) is 15.9. The molecule has 1 aromatic carbocycles. The third-order valence-corrected chi connectivity index (χ3v) is 5.57. The second kappa shape index (κ2) is 9.81. The van der Waals surface area contributed by atoms with Gasteiger partial charge in [0.05, 0.1) is 19.7 Å². The fourth-order valence-corrected chi connectivity index (χ4v) is 4.24. The van der Waals surface area contributed by atoms with Gasteiger partial charge >= 0.3 is 0 Å². The third kappa shape index (κ3) is 5.63. The minimum atomic E-state index is 0.106. The molecule has 1 saturated heterocycles. The monoisotopic (exact) mass is 360 g/mol. The van der Waals surface area contributed by atoms with Gasteiger partial charge in [0.25, 0.3) is 0 Å². The minimum absolute atomic E-state index is 0.106. The van der Waals surface area contributed by atoms with Crippen LogP contribution >= 0.6 is 0 Å². The van der Waals surface area contributed by atoms with E-state index in [-0.39, 0.29) is 5.91 Å². The third-order valence-electron chi connectivity index (χ3n) is 5.57. The summed E-state index contributed by atoms with van der Waals surface area (Å²) in [5.74, 6) is 3.46. The number of piperidine rings is 1. The molecule has 1 N–H and O–H groups in total. The van der Waals surface area contributed by atoms with Crippen LogP contribution in [0, 0.1) is 11.8 Å². The van der Waals surface area contributed by atoms with Crippen LogP contribution in [0.15, 0.2) is 24.3 Å². The summed E-state index contributed by atoms with van der Waals surface area (Å²) >= 11 is 0. The van der Waals surface area contributed by atoms with Gasteiger partial charge in [0.2, 0.25) is 5.91 Å². The van der Waals surface area contributed by atoms with Crippen LogP contribution in [0.1, 0.15) is 39.0 Å². The number of carbonyl (C=O) groups is 1. The Hall–Kier alpha value is -1.75. The van der Waals surface area contributed by atoms with Crippen LogP contribution in [-0.4, -0.2) is 50.2 Å². The number of rotatable bonds is 8. The molecule has 3 rings (SSSR count). The average molecular weight is 360 g/mol. The topological polar surface area (TPSA) is 50.8 Å². The predicted octanol–water partition coefficient (Wildman–Crippen LogP) is 3.09. The lowest BCUT2D eigenvalue weighted by atomic mass is 9.75. The van der Waals surface area contributed by atoms with E-state index in [1.165, 1.54) is 32.1 Å². The van der Waals surface area contributed by atoms with Crippen molar-refractivity contribution in [2.75, 3.05) is 39.4 Å². The molecule has 0 spiro atoms. The first-order valence-electron chi connectivity index (χ1n) is 10.1. The van der Waals surface area contributed by atoms with Crippen molar-refractivity contribution >= 4 is 5.91 Å². The fraction of sp³-hybridized carbons (Fsp3) is 0.667. The van der Waals surface area contributed by atoms with Crippen LogP contribution in [0.3, 0.4) is 0 Å². The number of fused-ring (bicyclic) bond motifs is 1. The summed E-state index contributed by atoms with van der Waals surface area (Å²) < 4.78 is 11.1. The molecule has 2 atom stereocenters. The van der Waals surface area contributed by atoms with Crippen molar-refractivity contribution in [2.24, 2.45) is 11.8 Å². The first kappa shape index (κ1) is 19.0. The van der Waals surface area contributed by atoms with Crippen molar-refractivity contribution in [2.45, 2.75) is 39.0 Å². The van der Waals surface area contributed by atoms with Crippen molar-refractivity contribution in [3.8, 4) is 11.5 Å². The fourth-order valence-electron chi connectivity index (χ4n) is 4.24. The molecular weight excluding hydrogens is 328 g/mol. The number of hydrogen-bond acceptors (Lipinski definition) is 4. The Labute approximate surface area is 157 Å². The summed E-state index contributed by atoms with van der Waals surface area (Å²) in [4.78, 5) is 14.5. The lowest BCUT2D eigenvalue weighted by Gasteiger charge is -2.41. The Balaban J connectivity index is 1.30. The minimum Gasteiger partial charge on any atom is -0.494 e. The Morgan fingerprint density at radius 3 is 2.50 bits per heavy atom. The highest BCUT2D eigenvalue weighted by Gasteiger charge is 2.31. The van der Waals surface area contributed by atoms with E-state index in [1.54, 1.807) is 0 Å². The van der Waals surface area contributed by atoms with Gasteiger partial charge in [-0.1, -0.05) is 19.3 Å². The maximum atomic E-state index is 12.2. The Morgan fingerprint density at radius 2 is 1.77 bits per heavy atom. The largest absolute Gasteiger partial charge is 0.494 e. The Bertz CT molecular complexity index is 561. The summed E-state index contributed by atoms with van der Waals surface area (Å²) in [5, 5.41) is 2.97. The maximum Gasteiger partial charge on any atom is 0.234 e. The number of ether oxygens (including phenoxy) is 2. The van der Waals surface area contributed by atoms with Gasteiger partial charge in [0, 0.05) is 6.54 Å². The highest BCUT2D eigenvalue weighted by atomic mass is 16.5. The molecule has 26 heavy (non-hydrogen) atoms. The van der Waals surface area contributed by atoms with Gasteiger partial charge in [0.15, 0.2) is 0 Å². The summed E-state index contributed by atoms with van der Waals surface area (Å²) in [5.41, 5.74) is 0. The van der Waals surface area contributed by atoms with Crippen molar-refractivity contribution in [3.05, 3.63) is 24.3 Å². The lowest BCUT2D eigenvalue weighted by molar-refractivity contribution is -0.123. The molecule has 1 saturated carbocycles. The van der Waals surface area contributed by atoms with Crippen LogP contribution in [0.4, 0.5) is 0 Å². The van der Waals surface area contributed by atoms with Gasteiger partial charge in [-0.2, -0.15) is 0 Å². The smallest absolute Gasteiger partial charge is 0.234 e. The molecule has 0 radical (unpaired) electrons. The molecule has 144 valence electrons. The van der Waals surface area contributed by atoms with Gasteiger partial charge < -0.3 is 14.8 Å². The first-order chi connectivity index (χ1) is 12.7. The van der Waals surface area contributed by atoms with E-state index in [1.807, 2.05) is 31.2 Å². The highest BCUT2D eigenvalue weighted by molar-refractivity contribution is 5.78. The van der Waals surface area contributed by atoms with Crippen LogP contribution in [0.5, 0.6) is 11.5 Å². The molecule has 0 bridgehead atoms. The number of nitrogens with zero attached hydrogens (tertiary/aromatic N) is 1. The van der Waals surface area contributed by atoms with Crippen molar-refractivity contribution < 1.29 is 14.3 Å². The first-order valence-corrected chi connectivity index (χ1v) is 10.1. The molecule has 2 aliphatic rings. The normalized spacial score (nSPS) is 23.1. The molecule has 1 amide bonds. The van der Waals surface area contributed by atoms with E-state index in [9.17, 15) is 4.79 Å². The number of amides is 1. The lowest BCUT2D eigenvalue weighted by Crippen LogP contribution is -2.46. The molecule has 1 heterocycles. The summed E-state index contributed by atoms with van der Waals surface area (Å²) in [6.07, 6.45) is 6.77. The van der Waals surface area contributed by atoms with E-state index >= 15 is 0 Å². The van der Waals surface area contributed by atoms with E-state index in [0.717, 1.165) is 36.4 Å². The molecule has 5 heteroatoms. The quantitative estimate of drug-likeness (QED) is 0.724. The Morgan fingerprint density at radius 1 is 1.08 bits per heavy atom. The molecule has 1 aliphatic carbocycles. The number of hydrogen-bond donors (Lipinski definition) is 1. The summed E-state index contributed by atoms with van der Waals surface area (Å²) in [7, 11) is 0. The van der Waals surface area contributed by atoms with Crippen LogP contribution < -0.4 is 14.8 Å². The average Bonchev–Trinajstić information content (AvgIpc) is 2.67. The Kier molecular flexibility index (Phi) is 7.18. The number of nitrogens with one attached hydrogen (secondary N) is 1. The second-order valence-corrected chi connectivity index (χ2v) is 7.43. The molecule has 5 nitrogen and oxygen atoms in total. The zero-order valence-electron chi connectivity index (χ0n) is 15.9. The van der Waals surface area contributed by atoms with Gasteiger partial charge in [-0.3, -0.25) is 9.69 Å². The van der Waals surface area contributed by atoms with Gasteiger partial charge in [-0.05, 0) is 62.4 Å². The molecule has 2 fully saturated rings. The van der Waals surface area contributed by atoms with E-state index in [4.69, 9.17) is 9.47 Å². The van der Waals surface area contributed by atoms with Gasteiger partial charge in [-0.25, -0.2) is 0 Å². The van der Waals surface area contributed by atoms with Gasteiger partial charge in [-0.15, -0.1) is 0 Å². The molecule has 0 unspecified atom stereocenters. The van der Waals surface area contributed by atoms with Crippen LogP contribution in [-0.2, 0) is 4.79 Å². The summed E-state index contributed by atoms with van der Waals surface area (Å²) in [6.45, 7) is 6.32. The SMILES string of the molecule is CCOc1ccc(OCCNC(=O)CN2CC[C@H]3CCCC[C@@H]3C2)cc1. The van der Waals surface area contributed by atoms with Crippen molar-refractivity contribution in [3.63, 3.8) is 0 Å². The van der Waals surface area contributed by atoms with Crippen LogP contribution in [0.2, 0.25) is 0 Å². The van der Waals surface area contributed by atoms with Crippen molar-refractivity contribution in [1.82, 2.24) is 10.2 Å². The molecular formula is C21H32N2O3. The molecule has 1 aromatic rings. The predicted molar refractivity (Wildman–Crippen MR) is 103 cm³/mol. The second-order valence-electron chi connectivity index (χ2n) is 7.43. The number of likely N-dealkylation sites (tertiary alicyclic amines) is 1. The van der Waals surface area contributed by atoms with Crippen molar-refractivity contribution in [1.29, 1.82) is 0 Å². The zero-order chi connectivity index (χ0) is 18.2. The number of benzene rings is 1. The van der Waals surface area contributed by atoms with Gasteiger partial charge in [0.1, 0.15) is 18.1 Å². The number of carbonyl (C=O) groups excluding carboxylic acids is 1. The van der Waals surface area contributed by atoms with E-state index in [2.05, 4.69) is 10.2 Å². The highest BCUT2D eigenvalue weighted by Crippen LogP contribution is 2.35. The summed E-state index contributed by atoms with van der Waals surface area (Å²) in [6, 6.07) is 7.57. The van der Waals surface area contributed by atoms with E-state index in [0.29, 0.717) is 26.3 Å².